The zero-order valence-electron chi connectivity index (χ0n) is 9.15. The molecular formula is C13H11NOSe. The van der Waals surface area contributed by atoms with Gasteiger partial charge in [-0.05, 0) is 0 Å². The molecule has 0 N–H and O–H groups in total. The molecule has 1 aromatic carbocycles. The van der Waals surface area contributed by atoms with Crippen LogP contribution >= 0.6 is 0 Å². The molecule has 0 fully saturated rings. The van der Waals surface area contributed by atoms with Gasteiger partial charge < -0.3 is 0 Å². The molecule has 3 aromatic rings. The molecule has 0 aliphatic rings. The predicted octanol–water partition coefficient (Wildman–Crippen LogP) is 2.76. The van der Waals surface area contributed by atoms with Crippen LogP contribution < -0.4 is 4.74 Å². The first-order valence-electron chi connectivity index (χ1n) is 5.12. The van der Waals surface area contributed by atoms with E-state index in [2.05, 4.69) is 30.1 Å². The molecule has 0 bridgehead atoms. The minimum atomic E-state index is 0.325. The number of hydrogen-bond acceptors (Lipinski definition) is 2. The third kappa shape index (κ3) is 1.29. The number of fused-ring (bicyclic) bond motifs is 3. The van der Waals surface area contributed by atoms with Gasteiger partial charge in [-0.25, -0.2) is 0 Å². The fraction of sp³-hybridized carbons (Fsp3) is 0.154. The van der Waals surface area contributed by atoms with Crippen molar-refractivity contribution in [3.05, 3.63) is 36.0 Å². The first-order chi connectivity index (χ1) is 7.81. The van der Waals surface area contributed by atoms with Gasteiger partial charge in [-0.3, -0.25) is 0 Å². The molecule has 0 aliphatic heterocycles. The molecule has 0 amide bonds. The van der Waals surface area contributed by atoms with Gasteiger partial charge in [-0.15, -0.1) is 0 Å². The number of methoxy groups -OCH3 is 1. The Morgan fingerprint density at radius 2 is 2.06 bits per heavy atom. The van der Waals surface area contributed by atoms with E-state index >= 15 is 0 Å². The van der Waals surface area contributed by atoms with Crippen molar-refractivity contribution in [1.82, 2.24) is 4.98 Å². The van der Waals surface area contributed by atoms with Gasteiger partial charge in [0.2, 0.25) is 0 Å². The number of benzene rings is 1. The van der Waals surface area contributed by atoms with Crippen molar-refractivity contribution in [2.24, 2.45) is 0 Å². The molecule has 0 atom stereocenters. The summed E-state index contributed by atoms with van der Waals surface area (Å²) in [5, 5.41) is 2.54. The van der Waals surface area contributed by atoms with E-state index in [4.69, 9.17) is 4.74 Å². The number of nitrogens with zero attached hydrogens (tertiary/aromatic N) is 1. The Bertz CT molecular complexity index is 672. The molecule has 0 saturated heterocycles. The Morgan fingerprint density at radius 3 is 2.88 bits per heavy atom. The van der Waals surface area contributed by atoms with Gasteiger partial charge in [0.05, 0.1) is 0 Å². The molecule has 0 saturated carbocycles. The third-order valence-corrected chi connectivity index (χ3v) is 5.02. The molecule has 3 rings (SSSR count). The summed E-state index contributed by atoms with van der Waals surface area (Å²) in [6.07, 6.45) is 1.90. The van der Waals surface area contributed by atoms with Gasteiger partial charge in [0.15, 0.2) is 0 Å². The Kier molecular flexibility index (Phi) is 2.23. The van der Waals surface area contributed by atoms with Crippen molar-refractivity contribution in [2.75, 3.05) is 7.11 Å². The molecule has 0 spiro atoms. The molecule has 2 nitrogen and oxygen atoms in total. The van der Waals surface area contributed by atoms with Gasteiger partial charge in [-0.2, -0.15) is 0 Å². The van der Waals surface area contributed by atoms with Crippen LogP contribution in [0, 0.1) is 6.92 Å². The van der Waals surface area contributed by atoms with Crippen LogP contribution in [0.2, 0.25) is 0 Å². The average Bonchev–Trinajstić information content (AvgIpc) is 2.68. The van der Waals surface area contributed by atoms with Crippen LogP contribution in [0.4, 0.5) is 0 Å². The summed E-state index contributed by atoms with van der Waals surface area (Å²) in [4.78, 5) is 4.48. The predicted molar refractivity (Wildman–Crippen MR) is 67.5 cm³/mol. The fourth-order valence-electron chi connectivity index (χ4n) is 2.03. The molecule has 80 valence electrons. The summed E-state index contributed by atoms with van der Waals surface area (Å²) in [5.41, 5.74) is 1.29. The van der Waals surface area contributed by atoms with Crippen LogP contribution in [0.5, 0.6) is 5.75 Å². The second kappa shape index (κ2) is 3.62. The standard InChI is InChI=1S/C13H11NOSe/c1-8-6-7-14-13-11(8)12-9(15-2)4-3-5-10(12)16-13/h3-7H,1-2H3. The maximum atomic E-state index is 5.45. The second-order valence-electron chi connectivity index (χ2n) is 3.74. The van der Waals surface area contributed by atoms with E-state index in [1.807, 2.05) is 12.3 Å². The Balaban J connectivity index is 2.60. The zero-order chi connectivity index (χ0) is 11.1. The van der Waals surface area contributed by atoms with Crippen molar-refractivity contribution in [3.63, 3.8) is 0 Å². The number of rotatable bonds is 1. The van der Waals surface area contributed by atoms with Crippen molar-refractivity contribution < 1.29 is 4.74 Å². The van der Waals surface area contributed by atoms with E-state index in [1.165, 1.54) is 25.0 Å². The molecular weight excluding hydrogens is 265 g/mol. The molecule has 0 radical (unpaired) electrons. The molecule has 3 heteroatoms. The van der Waals surface area contributed by atoms with Crippen LogP contribution in [0.1, 0.15) is 5.56 Å². The summed E-state index contributed by atoms with van der Waals surface area (Å²) >= 11 is 0.325. The second-order valence-corrected chi connectivity index (χ2v) is 5.91. The Labute approximate surface area is 99.6 Å². The van der Waals surface area contributed by atoms with Crippen molar-refractivity contribution in [1.29, 1.82) is 0 Å². The summed E-state index contributed by atoms with van der Waals surface area (Å²) in [6.45, 7) is 2.14. The SMILES string of the molecule is COc1cccc2[se]c3nccc(C)c3c12. The number of aryl methyl sites for hydroxylation is 1. The van der Waals surface area contributed by atoms with Crippen LogP contribution in [0.15, 0.2) is 30.5 Å². The van der Waals surface area contributed by atoms with Gasteiger partial charge in [0.1, 0.15) is 0 Å². The first kappa shape index (κ1) is 9.88. The average molecular weight is 276 g/mol. The van der Waals surface area contributed by atoms with Crippen molar-refractivity contribution in [2.45, 2.75) is 6.92 Å². The van der Waals surface area contributed by atoms with Crippen LogP contribution in [0.25, 0.3) is 19.4 Å². The number of hydrogen-bond donors (Lipinski definition) is 0. The van der Waals surface area contributed by atoms with Crippen LogP contribution in [0.3, 0.4) is 0 Å². The quantitative estimate of drug-likeness (QED) is 0.638. The van der Waals surface area contributed by atoms with Gasteiger partial charge in [-0.1, -0.05) is 0 Å². The van der Waals surface area contributed by atoms with Gasteiger partial charge in [0.25, 0.3) is 0 Å². The van der Waals surface area contributed by atoms with Gasteiger partial charge >= 0.3 is 99.5 Å². The van der Waals surface area contributed by atoms with Crippen molar-refractivity contribution >= 4 is 33.9 Å². The van der Waals surface area contributed by atoms with Gasteiger partial charge in [0, 0.05) is 0 Å². The monoisotopic (exact) mass is 277 g/mol. The molecule has 16 heavy (non-hydrogen) atoms. The summed E-state index contributed by atoms with van der Waals surface area (Å²) in [6, 6.07) is 8.33. The summed E-state index contributed by atoms with van der Waals surface area (Å²) < 4.78 is 8.06. The molecule has 2 heterocycles. The van der Waals surface area contributed by atoms with Crippen molar-refractivity contribution in [3.8, 4) is 5.75 Å². The third-order valence-electron chi connectivity index (χ3n) is 2.79. The van der Waals surface area contributed by atoms with E-state index in [0.29, 0.717) is 14.5 Å². The Hall–Kier alpha value is -1.31. The zero-order valence-corrected chi connectivity index (χ0v) is 10.9. The van der Waals surface area contributed by atoms with E-state index in [9.17, 15) is 0 Å². The number of pyridine rings is 1. The first-order valence-corrected chi connectivity index (χ1v) is 6.83. The maximum absolute atomic E-state index is 5.45. The normalized spacial score (nSPS) is 11.1. The van der Waals surface area contributed by atoms with E-state index in [0.717, 1.165) is 5.75 Å². The summed E-state index contributed by atoms with van der Waals surface area (Å²) in [5.74, 6) is 0.967. The van der Waals surface area contributed by atoms with Crippen LogP contribution in [-0.4, -0.2) is 26.6 Å². The number of aromatic nitrogens is 1. The van der Waals surface area contributed by atoms with E-state index in [-0.39, 0.29) is 0 Å². The van der Waals surface area contributed by atoms with Crippen LogP contribution in [-0.2, 0) is 0 Å². The summed E-state index contributed by atoms with van der Waals surface area (Å²) in [7, 11) is 1.73. The van der Waals surface area contributed by atoms with E-state index < -0.39 is 0 Å². The fourth-order valence-corrected chi connectivity index (χ4v) is 4.42. The van der Waals surface area contributed by atoms with E-state index in [1.54, 1.807) is 7.11 Å². The molecule has 0 aliphatic carbocycles. The Morgan fingerprint density at radius 1 is 1.19 bits per heavy atom. The molecule has 0 unspecified atom stereocenters. The number of ether oxygens (including phenoxy) is 1. The minimum absolute atomic E-state index is 0.325. The topological polar surface area (TPSA) is 22.1 Å². The molecule has 2 aromatic heterocycles.